The highest BCUT2D eigenvalue weighted by molar-refractivity contribution is 5.93. The van der Waals surface area contributed by atoms with Gasteiger partial charge in [-0.25, -0.2) is 9.18 Å². The maximum Gasteiger partial charge on any atom is 0.335 e. The third kappa shape index (κ3) is 4.49. The van der Waals surface area contributed by atoms with Crippen LogP contribution in [0, 0.1) is 17.7 Å². The normalized spacial score (nSPS) is 9.50. The van der Waals surface area contributed by atoms with Crippen LogP contribution in [0.3, 0.4) is 0 Å². The average molecular weight is 301 g/mol. The number of carbonyl (C=O) groups excluding carboxylic acids is 1. The van der Waals surface area contributed by atoms with Crippen molar-refractivity contribution in [3.05, 3.63) is 64.5 Å². The Balaban J connectivity index is 1.75. The molecular weight excluding hydrogens is 289 g/mol. The second kappa shape index (κ2) is 7.64. The second-order valence-electron chi connectivity index (χ2n) is 4.10. The number of benzene rings is 1. The molecule has 0 spiro atoms. The van der Waals surface area contributed by atoms with Crippen molar-refractivity contribution in [1.82, 2.24) is 5.32 Å². The van der Waals surface area contributed by atoms with Gasteiger partial charge in [-0.3, -0.25) is 4.79 Å². The molecule has 0 aliphatic carbocycles. The predicted octanol–water partition coefficient (Wildman–Crippen LogP) is 1.59. The minimum atomic E-state index is -0.526. The molecule has 5 nitrogen and oxygen atoms in total. The fraction of sp³-hybridized carbons (Fsp3) is 0.125. The minimum absolute atomic E-state index is 0.0109. The van der Waals surface area contributed by atoms with Gasteiger partial charge in [-0.05, 0) is 18.2 Å². The first-order chi connectivity index (χ1) is 10.7. The molecule has 0 aliphatic rings. The standard InChI is InChI=1S/C16H12FNO4/c17-13-5-1-2-6-14(13)21-10-4-3-9-18-16(20)12-7-8-15(19)22-11-12/h1-2,5-8,11H,9-10H2,(H,18,20). The van der Waals surface area contributed by atoms with Crippen molar-refractivity contribution in [3.8, 4) is 17.6 Å². The number of rotatable bonds is 4. The van der Waals surface area contributed by atoms with Gasteiger partial charge in [-0.15, -0.1) is 0 Å². The summed E-state index contributed by atoms with van der Waals surface area (Å²) >= 11 is 0. The summed E-state index contributed by atoms with van der Waals surface area (Å²) < 4.78 is 22.9. The van der Waals surface area contributed by atoms with Gasteiger partial charge in [-0.2, -0.15) is 0 Å². The maximum absolute atomic E-state index is 13.2. The molecule has 1 heterocycles. The number of ether oxygens (including phenoxy) is 1. The van der Waals surface area contributed by atoms with Gasteiger partial charge in [0.05, 0.1) is 12.1 Å². The Morgan fingerprint density at radius 2 is 2.05 bits per heavy atom. The highest BCUT2D eigenvalue weighted by Crippen LogP contribution is 2.14. The summed E-state index contributed by atoms with van der Waals surface area (Å²) in [5.41, 5.74) is -0.300. The SMILES string of the molecule is O=C(NCC#CCOc1ccccc1F)c1ccc(=O)oc1. The van der Waals surface area contributed by atoms with Gasteiger partial charge >= 0.3 is 5.63 Å². The number of hydrogen-bond acceptors (Lipinski definition) is 4. The molecule has 0 fully saturated rings. The fourth-order valence-electron chi connectivity index (χ4n) is 1.50. The van der Waals surface area contributed by atoms with E-state index in [-0.39, 0.29) is 24.5 Å². The van der Waals surface area contributed by atoms with Crippen molar-refractivity contribution in [2.24, 2.45) is 0 Å². The molecule has 22 heavy (non-hydrogen) atoms. The molecule has 0 aliphatic heterocycles. The van der Waals surface area contributed by atoms with E-state index in [0.29, 0.717) is 0 Å². The molecular formula is C16H12FNO4. The van der Waals surface area contributed by atoms with E-state index >= 15 is 0 Å². The quantitative estimate of drug-likeness (QED) is 0.871. The molecule has 1 aromatic heterocycles. The van der Waals surface area contributed by atoms with Gasteiger partial charge in [-0.1, -0.05) is 24.0 Å². The third-order valence-electron chi connectivity index (χ3n) is 2.56. The van der Waals surface area contributed by atoms with Crippen LogP contribution in [0.15, 0.2) is 51.9 Å². The summed E-state index contributed by atoms with van der Waals surface area (Å²) in [7, 11) is 0. The van der Waals surface area contributed by atoms with Gasteiger partial charge < -0.3 is 14.5 Å². The summed E-state index contributed by atoms with van der Waals surface area (Å²) in [6.07, 6.45) is 1.08. The van der Waals surface area contributed by atoms with E-state index in [1.54, 1.807) is 12.1 Å². The van der Waals surface area contributed by atoms with Crippen molar-refractivity contribution in [2.75, 3.05) is 13.2 Å². The van der Waals surface area contributed by atoms with Gasteiger partial charge in [0.2, 0.25) is 0 Å². The fourth-order valence-corrected chi connectivity index (χ4v) is 1.50. The first kappa shape index (κ1) is 15.3. The van der Waals surface area contributed by atoms with E-state index < -0.39 is 17.3 Å². The van der Waals surface area contributed by atoms with Crippen LogP contribution in [0.1, 0.15) is 10.4 Å². The topological polar surface area (TPSA) is 68.5 Å². The van der Waals surface area contributed by atoms with Gasteiger partial charge in [0.25, 0.3) is 5.91 Å². The monoisotopic (exact) mass is 301 g/mol. The second-order valence-corrected chi connectivity index (χ2v) is 4.10. The zero-order chi connectivity index (χ0) is 15.8. The van der Waals surface area contributed by atoms with E-state index in [1.165, 1.54) is 18.2 Å². The first-order valence-electron chi connectivity index (χ1n) is 6.37. The van der Waals surface area contributed by atoms with Crippen LogP contribution >= 0.6 is 0 Å². The van der Waals surface area contributed by atoms with Gasteiger partial charge in [0.1, 0.15) is 12.9 Å². The Morgan fingerprint density at radius 1 is 1.23 bits per heavy atom. The average Bonchev–Trinajstić information content (AvgIpc) is 2.53. The lowest BCUT2D eigenvalue weighted by Crippen LogP contribution is -2.24. The Bertz CT molecular complexity index is 753. The van der Waals surface area contributed by atoms with Crippen LogP contribution in [0.25, 0.3) is 0 Å². The van der Waals surface area contributed by atoms with E-state index in [4.69, 9.17) is 4.74 Å². The number of para-hydroxylation sites is 1. The molecule has 1 amide bonds. The zero-order valence-corrected chi connectivity index (χ0v) is 11.5. The zero-order valence-electron chi connectivity index (χ0n) is 11.5. The van der Waals surface area contributed by atoms with Crippen LogP contribution < -0.4 is 15.7 Å². The molecule has 1 N–H and O–H groups in total. The van der Waals surface area contributed by atoms with E-state index in [2.05, 4.69) is 21.6 Å². The molecule has 0 saturated heterocycles. The highest BCUT2D eigenvalue weighted by atomic mass is 19.1. The minimum Gasteiger partial charge on any atom is -0.478 e. The largest absolute Gasteiger partial charge is 0.478 e. The lowest BCUT2D eigenvalue weighted by Gasteiger charge is -2.02. The molecule has 1 aromatic carbocycles. The molecule has 0 atom stereocenters. The molecule has 6 heteroatoms. The number of hydrogen-bond donors (Lipinski definition) is 1. The van der Waals surface area contributed by atoms with Crippen molar-refractivity contribution >= 4 is 5.91 Å². The van der Waals surface area contributed by atoms with Crippen molar-refractivity contribution in [2.45, 2.75) is 0 Å². The van der Waals surface area contributed by atoms with E-state index in [0.717, 1.165) is 12.3 Å². The van der Waals surface area contributed by atoms with Crippen molar-refractivity contribution in [3.63, 3.8) is 0 Å². The Labute approximate surface area is 125 Å². The summed E-state index contributed by atoms with van der Waals surface area (Å²) in [6.45, 7) is 0.107. The van der Waals surface area contributed by atoms with Crippen LogP contribution in [0.2, 0.25) is 0 Å². The third-order valence-corrected chi connectivity index (χ3v) is 2.56. The summed E-state index contributed by atoms with van der Waals surface area (Å²) in [4.78, 5) is 22.4. The first-order valence-corrected chi connectivity index (χ1v) is 6.37. The molecule has 2 rings (SSSR count). The number of amides is 1. The summed E-state index contributed by atoms with van der Waals surface area (Å²) in [5.74, 6) is 4.58. The number of halogens is 1. The van der Waals surface area contributed by atoms with Crippen molar-refractivity contribution < 1.29 is 18.3 Å². The Hall–Kier alpha value is -3.07. The molecule has 0 saturated carbocycles. The lowest BCUT2D eigenvalue weighted by atomic mass is 10.3. The molecule has 112 valence electrons. The van der Waals surface area contributed by atoms with Crippen LogP contribution in [0.4, 0.5) is 4.39 Å². The van der Waals surface area contributed by atoms with Crippen LogP contribution in [-0.4, -0.2) is 19.1 Å². The molecule has 0 unspecified atom stereocenters. The smallest absolute Gasteiger partial charge is 0.335 e. The molecule has 2 aromatic rings. The number of nitrogens with one attached hydrogen (secondary N) is 1. The molecule has 0 bridgehead atoms. The summed E-state index contributed by atoms with van der Waals surface area (Å²) in [6, 6.07) is 8.53. The van der Waals surface area contributed by atoms with E-state index in [9.17, 15) is 14.0 Å². The van der Waals surface area contributed by atoms with Crippen LogP contribution in [-0.2, 0) is 0 Å². The predicted molar refractivity (Wildman–Crippen MR) is 77.0 cm³/mol. The lowest BCUT2D eigenvalue weighted by molar-refractivity contribution is 0.0956. The van der Waals surface area contributed by atoms with Gasteiger partial charge in [0, 0.05) is 6.07 Å². The Kier molecular flexibility index (Phi) is 5.32. The highest BCUT2D eigenvalue weighted by Gasteiger charge is 2.04. The van der Waals surface area contributed by atoms with E-state index in [1.807, 2.05) is 0 Å². The molecule has 0 radical (unpaired) electrons. The van der Waals surface area contributed by atoms with Crippen LogP contribution in [0.5, 0.6) is 5.75 Å². The van der Waals surface area contributed by atoms with Crippen molar-refractivity contribution in [1.29, 1.82) is 0 Å². The Morgan fingerprint density at radius 3 is 2.77 bits per heavy atom. The van der Waals surface area contributed by atoms with Gasteiger partial charge in [0.15, 0.2) is 11.6 Å². The maximum atomic E-state index is 13.2. The number of carbonyl (C=O) groups is 1. The summed E-state index contributed by atoms with van der Waals surface area (Å²) in [5, 5.41) is 2.52.